The Balaban J connectivity index is 0.00000432. The summed E-state index contributed by atoms with van der Waals surface area (Å²) in [5, 5.41) is 42.6. The molecular weight excluding hydrogens is 469 g/mol. The summed E-state index contributed by atoms with van der Waals surface area (Å²) in [5.74, 6) is -1.96. The Kier molecular flexibility index (Phi) is 10.9. The maximum atomic E-state index is 13.6. The molecule has 3 rings (SSSR count). The fourth-order valence-corrected chi connectivity index (χ4v) is 3.43. The zero-order chi connectivity index (χ0) is 24.7. The first-order valence-electron chi connectivity index (χ1n) is 10.5. The van der Waals surface area contributed by atoms with Crippen LogP contribution in [0.5, 0.6) is 0 Å². The van der Waals surface area contributed by atoms with Crippen molar-refractivity contribution in [1.82, 2.24) is 20.2 Å². The largest absolute Gasteiger partial charge is 1.00 e. The van der Waals surface area contributed by atoms with Crippen LogP contribution in [0.4, 0.5) is 8.78 Å². The molecule has 0 spiro atoms. The molecule has 2 aromatic carbocycles. The van der Waals surface area contributed by atoms with Gasteiger partial charge in [0.1, 0.15) is 11.6 Å². The zero-order valence-electron chi connectivity index (χ0n) is 19.3. The van der Waals surface area contributed by atoms with E-state index in [1.54, 1.807) is 24.3 Å². The van der Waals surface area contributed by atoms with E-state index in [0.29, 0.717) is 34.6 Å². The molecule has 2 N–H and O–H groups in total. The van der Waals surface area contributed by atoms with Crippen LogP contribution < -0.4 is 34.7 Å². The number of carbonyl (C=O) groups excluding carboxylic acids is 1. The van der Waals surface area contributed by atoms with Crippen molar-refractivity contribution in [2.75, 3.05) is 0 Å². The number of aliphatic hydroxyl groups is 2. The Hall–Kier alpha value is -2.76. The average molecular weight is 492 g/mol. The van der Waals surface area contributed by atoms with Crippen LogP contribution in [0.3, 0.4) is 0 Å². The molecule has 0 saturated carbocycles. The second-order valence-corrected chi connectivity index (χ2v) is 7.51. The van der Waals surface area contributed by atoms with E-state index in [4.69, 9.17) is 0 Å². The second-order valence-electron chi connectivity index (χ2n) is 7.51. The number of nitrogens with zero attached hydrogens (tertiary/aromatic N) is 4. The van der Waals surface area contributed by atoms with Gasteiger partial charge >= 0.3 is 29.6 Å². The van der Waals surface area contributed by atoms with Gasteiger partial charge in [0.2, 0.25) is 0 Å². The van der Waals surface area contributed by atoms with E-state index in [1.807, 2.05) is 6.92 Å². The van der Waals surface area contributed by atoms with Crippen molar-refractivity contribution in [2.45, 2.75) is 38.5 Å². The van der Waals surface area contributed by atoms with Crippen molar-refractivity contribution in [3.8, 4) is 0 Å². The number of carboxylic acids is 1. The van der Waals surface area contributed by atoms with Gasteiger partial charge in [-0.3, -0.25) is 0 Å². The summed E-state index contributed by atoms with van der Waals surface area (Å²) in [5.41, 5.74) is 2.16. The van der Waals surface area contributed by atoms with E-state index >= 15 is 0 Å². The third-order valence-corrected chi connectivity index (χ3v) is 5.01. The molecular formula is C24H23F2N4NaO4. The van der Waals surface area contributed by atoms with Gasteiger partial charge in [0.05, 0.1) is 12.2 Å². The second kappa shape index (κ2) is 13.4. The number of tetrazole rings is 1. The van der Waals surface area contributed by atoms with E-state index in [9.17, 15) is 28.9 Å². The first-order valence-corrected chi connectivity index (χ1v) is 10.5. The molecule has 0 bridgehead atoms. The van der Waals surface area contributed by atoms with Gasteiger partial charge in [-0.25, -0.2) is 13.5 Å². The molecule has 0 aliphatic rings. The predicted octanol–water partition coefficient (Wildman–Crippen LogP) is -1.26. The summed E-state index contributed by atoms with van der Waals surface area (Å²) in [6.45, 7) is 2.26. The smallest absolute Gasteiger partial charge is 0.550 e. The van der Waals surface area contributed by atoms with Crippen molar-refractivity contribution in [1.29, 1.82) is 0 Å². The summed E-state index contributed by atoms with van der Waals surface area (Å²) in [4.78, 5) is 10.7. The molecule has 178 valence electrons. The Bertz CT molecular complexity index is 1130. The number of halogens is 2. The number of aryl methyl sites for hydroxylation is 1. The fourth-order valence-electron chi connectivity index (χ4n) is 3.43. The van der Waals surface area contributed by atoms with E-state index < -0.39 is 36.2 Å². The van der Waals surface area contributed by atoms with Gasteiger partial charge < -0.3 is 20.1 Å². The number of aromatic nitrogens is 4. The number of carboxylic acid groups (broad SMARTS) is 1. The predicted molar refractivity (Wildman–Crippen MR) is 118 cm³/mol. The average Bonchev–Trinajstić information content (AvgIpc) is 3.26. The van der Waals surface area contributed by atoms with Gasteiger partial charge in [0.15, 0.2) is 5.82 Å². The molecule has 1 aromatic heterocycles. The molecule has 3 aromatic rings. The maximum Gasteiger partial charge on any atom is 1.00 e. The van der Waals surface area contributed by atoms with E-state index in [0.717, 1.165) is 0 Å². The first-order chi connectivity index (χ1) is 16.3. The van der Waals surface area contributed by atoms with Crippen molar-refractivity contribution in [3.63, 3.8) is 0 Å². The molecule has 35 heavy (non-hydrogen) atoms. The topological polar surface area (TPSA) is 124 Å². The Morgan fingerprint density at radius 2 is 1.60 bits per heavy atom. The molecule has 2 unspecified atom stereocenters. The summed E-state index contributed by atoms with van der Waals surface area (Å²) >= 11 is 0. The number of carbonyl (C=O) groups is 1. The minimum Gasteiger partial charge on any atom is -0.550 e. The van der Waals surface area contributed by atoms with E-state index in [1.165, 1.54) is 41.1 Å². The number of benzene rings is 2. The van der Waals surface area contributed by atoms with E-state index in [2.05, 4.69) is 15.5 Å². The van der Waals surface area contributed by atoms with Gasteiger partial charge in [-0.05, 0) is 58.3 Å². The zero-order valence-corrected chi connectivity index (χ0v) is 21.3. The van der Waals surface area contributed by atoms with Gasteiger partial charge in [0.25, 0.3) is 0 Å². The van der Waals surface area contributed by atoms with Crippen LogP contribution in [0.15, 0.2) is 60.7 Å². The summed E-state index contributed by atoms with van der Waals surface area (Å²) < 4.78 is 28.8. The number of aliphatic hydroxyl groups excluding tert-OH is 2. The monoisotopic (exact) mass is 492 g/mol. The van der Waals surface area contributed by atoms with Crippen molar-refractivity contribution >= 4 is 17.1 Å². The van der Waals surface area contributed by atoms with Crippen LogP contribution in [-0.4, -0.2) is 48.6 Å². The normalized spacial score (nSPS) is 12.7. The van der Waals surface area contributed by atoms with Crippen molar-refractivity contribution < 1.29 is 58.5 Å². The Morgan fingerprint density at radius 3 is 2.09 bits per heavy atom. The van der Waals surface area contributed by atoms with E-state index in [-0.39, 0.29) is 36.0 Å². The molecule has 1 heterocycles. The third-order valence-electron chi connectivity index (χ3n) is 5.01. The van der Waals surface area contributed by atoms with Gasteiger partial charge in [-0.15, -0.1) is 5.10 Å². The number of hydrogen-bond donors (Lipinski definition) is 2. The molecule has 0 aliphatic heterocycles. The fraction of sp³-hybridized carbons (Fsp3) is 0.250. The molecule has 0 amide bonds. The van der Waals surface area contributed by atoms with Crippen molar-refractivity contribution in [2.24, 2.45) is 0 Å². The summed E-state index contributed by atoms with van der Waals surface area (Å²) in [6.07, 6.45) is -0.437. The van der Waals surface area contributed by atoms with Crippen LogP contribution in [-0.2, 0) is 11.3 Å². The maximum absolute atomic E-state index is 13.6. The molecule has 0 saturated heterocycles. The van der Waals surface area contributed by atoms with Crippen LogP contribution >= 0.6 is 0 Å². The Morgan fingerprint density at radius 1 is 1.06 bits per heavy atom. The van der Waals surface area contributed by atoms with Gasteiger partial charge in [-0.2, -0.15) is 0 Å². The quantitative estimate of drug-likeness (QED) is 0.268. The number of hydrogen-bond acceptors (Lipinski definition) is 7. The Labute approximate surface area is 222 Å². The molecule has 8 nitrogen and oxygen atoms in total. The van der Waals surface area contributed by atoms with Crippen LogP contribution in [0.1, 0.15) is 36.7 Å². The molecule has 0 aliphatic carbocycles. The SMILES string of the molecule is CCn1nnnc1C(/C=C/C(O)CC(O)CC(=O)[O-])=C(c1ccc(F)cc1)c1ccc(F)cc1.[Na+]. The first kappa shape index (κ1) is 28.5. The number of rotatable bonds is 10. The van der Waals surface area contributed by atoms with Crippen LogP contribution in [0.2, 0.25) is 0 Å². The van der Waals surface area contributed by atoms with Gasteiger partial charge in [0, 0.05) is 30.9 Å². The molecule has 11 heteroatoms. The van der Waals surface area contributed by atoms with Crippen molar-refractivity contribution in [3.05, 3.63) is 89.3 Å². The van der Waals surface area contributed by atoms with Gasteiger partial charge in [-0.1, -0.05) is 36.4 Å². The summed E-state index contributed by atoms with van der Waals surface area (Å²) in [6, 6.07) is 11.4. The molecule has 0 fully saturated rings. The minimum absolute atomic E-state index is 0. The molecule has 2 atom stereocenters. The molecule has 0 radical (unpaired) electrons. The minimum atomic E-state index is -1.43. The van der Waals surface area contributed by atoms with Crippen LogP contribution in [0.25, 0.3) is 11.1 Å². The summed E-state index contributed by atoms with van der Waals surface area (Å²) in [7, 11) is 0. The third kappa shape index (κ3) is 7.87. The standard InChI is InChI=1S/C24H24F2N4O4.Na/c1-2-30-24(27-28-29-30)21(12-11-19(31)13-20(32)14-22(33)34)23(15-3-7-17(25)8-4-15)16-5-9-18(26)10-6-16;/h3-12,19-20,31-32H,2,13-14H2,1H3,(H,33,34);/q;+1/p-1/b12-11+;. The number of aliphatic carboxylic acids is 1. The van der Waals surface area contributed by atoms with Crippen LogP contribution in [0, 0.1) is 11.6 Å². The number of allylic oxidation sites excluding steroid dienone is 2.